The van der Waals surface area contributed by atoms with Crippen LogP contribution < -0.4 is 0 Å². The molecule has 2 aromatic heterocycles. The Hall–Kier alpha value is -0.470. The molecular weight excluding hydrogens is 372 g/mol. The maximum Gasteiger partial charge on any atom is 0.246 e. The molecule has 0 fully saturated rings. The van der Waals surface area contributed by atoms with E-state index >= 15 is 0 Å². The number of pyridine rings is 1. The van der Waals surface area contributed by atoms with E-state index in [-0.39, 0.29) is 16.6 Å². The molecule has 0 aliphatic rings. The van der Waals surface area contributed by atoms with Gasteiger partial charge >= 0.3 is 0 Å². The van der Waals surface area contributed by atoms with E-state index in [0.717, 1.165) is 9.35 Å². The van der Waals surface area contributed by atoms with Crippen LogP contribution >= 0.6 is 38.9 Å². The molecule has 0 spiro atoms. The number of hydrogen-bond donors (Lipinski definition) is 0. The molecule has 8 heteroatoms. The van der Waals surface area contributed by atoms with E-state index in [1.165, 1.54) is 35.0 Å². The number of sulfonamides is 1. The van der Waals surface area contributed by atoms with Crippen molar-refractivity contribution in [3.63, 3.8) is 0 Å². The lowest BCUT2D eigenvalue weighted by Crippen LogP contribution is -2.26. The van der Waals surface area contributed by atoms with E-state index in [1.54, 1.807) is 6.07 Å². The molecule has 4 nitrogen and oxygen atoms in total. The minimum Gasteiger partial charge on any atom is -0.243 e. The fraction of sp³-hybridized carbons (Fsp3) is 0.182. The summed E-state index contributed by atoms with van der Waals surface area (Å²) in [6.45, 7) is 0.287. The van der Waals surface area contributed by atoms with Crippen LogP contribution in [0.2, 0.25) is 5.15 Å². The summed E-state index contributed by atoms with van der Waals surface area (Å²) >= 11 is 10.7. The molecule has 19 heavy (non-hydrogen) atoms. The second-order valence-corrected chi connectivity index (χ2v) is 8.47. The van der Waals surface area contributed by atoms with Crippen LogP contribution in [-0.2, 0) is 16.6 Å². The SMILES string of the molecule is CN(Cc1csc(Br)c1)S(=O)(=O)c1cccnc1Cl. The Morgan fingerprint density at radius 2 is 2.26 bits per heavy atom. The largest absolute Gasteiger partial charge is 0.246 e. The molecule has 0 bridgehead atoms. The van der Waals surface area contributed by atoms with Crippen molar-refractivity contribution in [1.82, 2.24) is 9.29 Å². The Balaban J connectivity index is 2.27. The molecule has 0 aliphatic heterocycles. The van der Waals surface area contributed by atoms with Crippen LogP contribution in [0, 0.1) is 0 Å². The Morgan fingerprint density at radius 1 is 1.53 bits per heavy atom. The number of thiophene rings is 1. The van der Waals surface area contributed by atoms with Gasteiger partial charge in [0.1, 0.15) is 10.0 Å². The van der Waals surface area contributed by atoms with Crippen LogP contribution in [0.3, 0.4) is 0 Å². The molecule has 0 aromatic carbocycles. The van der Waals surface area contributed by atoms with E-state index in [1.807, 2.05) is 11.4 Å². The molecule has 0 amide bonds. The van der Waals surface area contributed by atoms with Crippen LogP contribution in [-0.4, -0.2) is 24.8 Å². The quantitative estimate of drug-likeness (QED) is 0.763. The molecule has 0 radical (unpaired) electrons. The lowest BCUT2D eigenvalue weighted by atomic mass is 10.3. The number of hydrogen-bond acceptors (Lipinski definition) is 4. The fourth-order valence-electron chi connectivity index (χ4n) is 1.50. The van der Waals surface area contributed by atoms with Gasteiger partial charge in [-0.3, -0.25) is 0 Å². The topological polar surface area (TPSA) is 50.3 Å². The zero-order valence-corrected chi connectivity index (χ0v) is 13.9. The van der Waals surface area contributed by atoms with Crippen molar-refractivity contribution in [1.29, 1.82) is 0 Å². The van der Waals surface area contributed by atoms with Gasteiger partial charge < -0.3 is 0 Å². The van der Waals surface area contributed by atoms with Gasteiger partial charge in [0.05, 0.1) is 3.79 Å². The second-order valence-electron chi connectivity index (χ2n) is 3.81. The summed E-state index contributed by atoms with van der Waals surface area (Å²) in [7, 11) is -2.11. The van der Waals surface area contributed by atoms with Gasteiger partial charge in [-0.1, -0.05) is 11.6 Å². The van der Waals surface area contributed by atoms with E-state index in [0.29, 0.717) is 0 Å². The van der Waals surface area contributed by atoms with E-state index in [4.69, 9.17) is 11.6 Å². The van der Waals surface area contributed by atoms with Gasteiger partial charge in [0.2, 0.25) is 10.0 Å². The number of rotatable bonds is 4. The maximum atomic E-state index is 12.4. The molecule has 2 aromatic rings. The number of aromatic nitrogens is 1. The van der Waals surface area contributed by atoms with Crippen molar-refractivity contribution in [2.45, 2.75) is 11.4 Å². The van der Waals surface area contributed by atoms with E-state index in [2.05, 4.69) is 20.9 Å². The number of halogens is 2. The van der Waals surface area contributed by atoms with Crippen LogP contribution in [0.4, 0.5) is 0 Å². The third-order valence-corrected chi connectivity index (χ3v) is 6.24. The molecule has 0 atom stereocenters. The Kier molecular flexibility index (Phi) is 4.62. The summed E-state index contributed by atoms with van der Waals surface area (Å²) in [5.41, 5.74) is 0.919. The van der Waals surface area contributed by atoms with Crippen LogP contribution in [0.1, 0.15) is 5.56 Å². The lowest BCUT2D eigenvalue weighted by Gasteiger charge is -2.16. The average molecular weight is 382 g/mol. The summed E-state index contributed by atoms with van der Waals surface area (Å²) < 4.78 is 26.9. The summed E-state index contributed by atoms with van der Waals surface area (Å²) in [5.74, 6) is 0. The minimum atomic E-state index is -3.63. The summed E-state index contributed by atoms with van der Waals surface area (Å²) in [4.78, 5) is 3.81. The highest BCUT2D eigenvalue weighted by Crippen LogP contribution is 2.25. The van der Waals surface area contributed by atoms with Crippen molar-refractivity contribution in [2.75, 3.05) is 7.05 Å². The van der Waals surface area contributed by atoms with E-state index < -0.39 is 10.0 Å². The van der Waals surface area contributed by atoms with Gasteiger partial charge in [0, 0.05) is 19.8 Å². The molecule has 0 saturated carbocycles. The zero-order chi connectivity index (χ0) is 14.0. The molecule has 0 N–H and O–H groups in total. The van der Waals surface area contributed by atoms with Crippen molar-refractivity contribution in [3.05, 3.63) is 44.3 Å². The van der Waals surface area contributed by atoms with Crippen molar-refractivity contribution >= 4 is 48.9 Å². The highest BCUT2D eigenvalue weighted by atomic mass is 79.9. The summed E-state index contributed by atoms with van der Waals surface area (Å²) in [6, 6.07) is 4.89. The summed E-state index contributed by atoms with van der Waals surface area (Å²) in [5, 5.41) is 1.89. The molecule has 2 rings (SSSR count). The average Bonchev–Trinajstić information content (AvgIpc) is 2.75. The van der Waals surface area contributed by atoms with Gasteiger partial charge in [-0.15, -0.1) is 11.3 Å². The van der Waals surface area contributed by atoms with Gasteiger partial charge in [-0.2, -0.15) is 4.31 Å². The normalized spacial score (nSPS) is 12.0. The first-order valence-electron chi connectivity index (χ1n) is 5.21. The van der Waals surface area contributed by atoms with Crippen molar-refractivity contribution in [2.24, 2.45) is 0 Å². The highest BCUT2D eigenvalue weighted by molar-refractivity contribution is 9.11. The van der Waals surface area contributed by atoms with Crippen LogP contribution in [0.25, 0.3) is 0 Å². The molecule has 102 valence electrons. The van der Waals surface area contributed by atoms with Crippen molar-refractivity contribution in [3.8, 4) is 0 Å². The smallest absolute Gasteiger partial charge is 0.243 e. The molecule has 0 unspecified atom stereocenters. The standard InChI is InChI=1S/C11H10BrClN2O2S2/c1-15(6-8-5-10(12)18-7-8)19(16,17)9-3-2-4-14-11(9)13/h2-5,7H,6H2,1H3. The molecule has 2 heterocycles. The Morgan fingerprint density at radius 3 is 2.84 bits per heavy atom. The zero-order valence-electron chi connectivity index (χ0n) is 9.88. The predicted molar refractivity (Wildman–Crippen MR) is 79.9 cm³/mol. The first-order chi connectivity index (χ1) is 8.91. The first kappa shape index (κ1) is 14.9. The lowest BCUT2D eigenvalue weighted by molar-refractivity contribution is 0.467. The van der Waals surface area contributed by atoms with Crippen LogP contribution in [0.5, 0.6) is 0 Å². The second kappa shape index (κ2) is 5.88. The third kappa shape index (κ3) is 3.35. The van der Waals surface area contributed by atoms with Gasteiger partial charge in [-0.25, -0.2) is 13.4 Å². The monoisotopic (exact) mass is 380 g/mol. The highest BCUT2D eigenvalue weighted by Gasteiger charge is 2.24. The maximum absolute atomic E-state index is 12.4. The Bertz CT molecular complexity index is 688. The summed E-state index contributed by atoms with van der Waals surface area (Å²) in [6.07, 6.45) is 1.46. The van der Waals surface area contributed by atoms with Gasteiger partial charge in [0.15, 0.2) is 0 Å². The van der Waals surface area contributed by atoms with E-state index in [9.17, 15) is 8.42 Å². The van der Waals surface area contributed by atoms with Gasteiger partial charge in [0.25, 0.3) is 0 Å². The molecular formula is C11H10BrClN2O2S2. The van der Waals surface area contributed by atoms with Crippen molar-refractivity contribution < 1.29 is 8.42 Å². The first-order valence-corrected chi connectivity index (χ1v) is 8.70. The molecule has 0 saturated heterocycles. The Labute approximate surface area is 129 Å². The predicted octanol–water partition coefficient (Wildman–Crippen LogP) is 3.38. The minimum absolute atomic E-state index is 0.0131. The number of nitrogens with zero attached hydrogens (tertiary/aromatic N) is 2. The van der Waals surface area contributed by atoms with Gasteiger partial charge in [-0.05, 0) is 45.1 Å². The molecule has 0 aliphatic carbocycles. The third-order valence-electron chi connectivity index (χ3n) is 2.44. The fourth-order valence-corrected chi connectivity index (χ4v) is 4.29. The van der Waals surface area contributed by atoms with Crippen LogP contribution in [0.15, 0.2) is 38.5 Å².